The number of unbranched alkanes of at least 4 members (excludes halogenated alkanes) is 1. The Morgan fingerprint density at radius 1 is 1.29 bits per heavy atom. The van der Waals surface area contributed by atoms with Crippen LogP contribution < -0.4 is 0 Å². The topological polar surface area (TPSA) is 44.8 Å². The standard InChI is InChI=1S/C13H26O4/c1-6-8-9-17-11(15-5)10-13(3,4)12(14)16-7-2/h11H,6-10H2,1-5H3. The maximum atomic E-state index is 11.7. The highest BCUT2D eigenvalue weighted by Gasteiger charge is 2.32. The van der Waals surface area contributed by atoms with Crippen LogP contribution in [0, 0.1) is 5.41 Å². The highest BCUT2D eigenvalue weighted by atomic mass is 16.7. The molecule has 0 saturated carbocycles. The summed E-state index contributed by atoms with van der Waals surface area (Å²) in [6.07, 6.45) is 2.24. The quantitative estimate of drug-likeness (QED) is 0.356. The van der Waals surface area contributed by atoms with Crippen LogP contribution in [0.5, 0.6) is 0 Å². The Morgan fingerprint density at radius 3 is 2.41 bits per heavy atom. The van der Waals surface area contributed by atoms with E-state index in [9.17, 15) is 4.79 Å². The Morgan fingerprint density at radius 2 is 1.94 bits per heavy atom. The van der Waals surface area contributed by atoms with Crippen LogP contribution in [0.1, 0.15) is 47.0 Å². The molecular formula is C13H26O4. The van der Waals surface area contributed by atoms with E-state index >= 15 is 0 Å². The number of hydrogen-bond acceptors (Lipinski definition) is 4. The lowest BCUT2D eigenvalue weighted by atomic mass is 9.89. The molecule has 0 heterocycles. The van der Waals surface area contributed by atoms with Gasteiger partial charge in [0, 0.05) is 20.1 Å². The molecule has 0 aliphatic carbocycles. The maximum Gasteiger partial charge on any atom is 0.311 e. The Labute approximate surface area is 105 Å². The van der Waals surface area contributed by atoms with Gasteiger partial charge in [-0.15, -0.1) is 0 Å². The lowest BCUT2D eigenvalue weighted by molar-refractivity contribution is -0.169. The number of carbonyl (C=O) groups excluding carboxylic acids is 1. The normalized spacial score (nSPS) is 13.5. The van der Waals surface area contributed by atoms with Gasteiger partial charge in [0.05, 0.1) is 12.0 Å². The van der Waals surface area contributed by atoms with Gasteiger partial charge in [-0.2, -0.15) is 0 Å². The number of methoxy groups -OCH3 is 1. The highest BCUT2D eigenvalue weighted by Crippen LogP contribution is 2.26. The van der Waals surface area contributed by atoms with Gasteiger partial charge in [-0.05, 0) is 27.2 Å². The second kappa shape index (κ2) is 8.48. The fraction of sp³-hybridized carbons (Fsp3) is 0.923. The molecule has 0 fully saturated rings. The van der Waals surface area contributed by atoms with E-state index in [1.165, 1.54) is 0 Å². The summed E-state index contributed by atoms with van der Waals surface area (Å²) in [5.41, 5.74) is -0.580. The molecule has 0 aromatic heterocycles. The van der Waals surface area contributed by atoms with Gasteiger partial charge in [-0.25, -0.2) is 0 Å². The number of hydrogen-bond donors (Lipinski definition) is 0. The minimum absolute atomic E-state index is 0.207. The minimum Gasteiger partial charge on any atom is -0.466 e. The van der Waals surface area contributed by atoms with Crippen LogP contribution >= 0.6 is 0 Å². The average Bonchev–Trinajstić information content (AvgIpc) is 2.28. The van der Waals surface area contributed by atoms with Crippen LogP contribution in [-0.2, 0) is 19.0 Å². The van der Waals surface area contributed by atoms with E-state index in [0.29, 0.717) is 19.6 Å². The summed E-state index contributed by atoms with van der Waals surface area (Å²) in [7, 11) is 1.60. The van der Waals surface area contributed by atoms with Crippen molar-refractivity contribution >= 4 is 5.97 Å². The fourth-order valence-electron chi connectivity index (χ4n) is 1.40. The van der Waals surface area contributed by atoms with Crippen LogP contribution in [0.2, 0.25) is 0 Å². The van der Waals surface area contributed by atoms with E-state index in [1.54, 1.807) is 14.0 Å². The maximum absolute atomic E-state index is 11.7. The fourth-order valence-corrected chi connectivity index (χ4v) is 1.40. The molecule has 0 aromatic rings. The first kappa shape index (κ1) is 16.4. The van der Waals surface area contributed by atoms with E-state index in [2.05, 4.69) is 6.92 Å². The van der Waals surface area contributed by atoms with E-state index in [-0.39, 0.29) is 12.3 Å². The van der Waals surface area contributed by atoms with Crippen LogP contribution in [0.25, 0.3) is 0 Å². The van der Waals surface area contributed by atoms with Crippen molar-refractivity contribution in [2.45, 2.75) is 53.2 Å². The lowest BCUT2D eigenvalue weighted by Crippen LogP contribution is -2.33. The number of rotatable bonds is 9. The molecule has 0 aliphatic heterocycles. The zero-order valence-corrected chi connectivity index (χ0v) is 11.7. The van der Waals surface area contributed by atoms with E-state index in [0.717, 1.165) is 12.8 Å². The minimum atomic E-state index is -0.580. The van der Waals surface area contributed by atoms with Crippen molar-refractivity contribution in [3.8, 4) is 0 Å². The lowest BCUT2D eigenvalue weighted by Gasteiger charge is -2.26. The highest BCUT2D eigenvalue weighted by molar-refractivity contribution is 5.75. The van der Waals surface area contributed by atoms with Crippen molar-refractivity contribution < 1.29 is 19.0 Å². The largest absolute Gasteiger partial charge is 0.466 e. The van der Waals surface area contributed by atoms with Gasteiger partial charge in [0.2, 0.25) is 0 Å². The van der Waals surface area contributed by atoms with Crippen molar-refractivity contribution in [1.82, 2.24) is 0 Å². The molecule has 1 unspecified atom stereocenters. The molecule has 4 heteroatoms. The molecule has 0 N–H and O–H groups in total. The first-order valence-corrected chi connectivity index (χ1v) is 6.29. The summed E-state index contributed by atoms with van der Waals surface area (Å²) in [5, 5.41) is 0. The monoisotopic (exact) mass is 246 g/mol. The van der Waals surface area contributed by atoms with Gasteiger partial charge in [0.15, 0.2) is 6.29 Å². The molecule has 0 bridgehead atoms. The smallest absolute Gasteiger partial charge is 0.311 e. The molecule has 0 spiro atoms. The van der Waals surface area contributed by atoms with Crippen molar-refractivity contribution in [3.63, 3.8) is 0 Å². The first-order chi connectivity index (χ1) is 7.97. The molecule has 0 saturated heterocycles. The molecule has 102 valence electrons. The summed E-state index contributed by atoms with van der Waals surface area (Å²) in [6.45, 7) is 8.66. The second-order valence-corrected chi connectivity index (χ2v) is 4.70. The van der Waals surface area contributed by atoms with Gasteiger partial charge < -0.3 is 14.2 Å². The molecule has 0 aromatic carbocycles. The van der Waals surface area contributed by atoms with Gasteiger partial charge in [-0.3, -0.25) is 4.79 Å². The van der Waals surface area contributed by atoms with Crippen molar-refractivity contribution in [2.75, 3.05) is 20.3 Å². The summed E-state index contributed by atoms with van der Waals surface area (Å²) in [6, 6.07) is 0. The third-order valence-electron chi connectivity index (χ3n) is 2.57. The Kier molecular flexibility index (Phi) is 8.17. The van der Waals surface area contributed by atoms with Gasteiger partial charge in [-0.1, -0.05) is 13.3 Å². The van der Waals surface area contributed by atoms with Crippen molar-refractivity contribution in [2.24, 2.45) is 5.41 Å². The van der Waals surface area contributed by atoms with Crippen LogP contribution in [0.15, 0.2) is 0 Å². The molecule has 0 radical (unpaired) electrons. The zero-order chi connectivity index (χ0) is 13.3. The predicted molar refractivity (Wildman–Crippen MR) is 66.7 cm³/mol. The van der Waals surface area contributed by atoms with E-state index in [1.807, 2.05) is 13.8 Å². The van der Waals surface area contributed by atoms with Crippen LogP contribution in [0.4, 0.5) is 0 Å². The predicted octanol–water partition coefficient (Wildman–Crippen LogP) is 2.76. The molecular weight excluding hydrogens is 220 g/mol. The summed E-state index contributed by atoms with van der Waals surface area (Å²) in [5.74, 6) is -0.207. The number of carbonyl (C=O) groups is 1. The van der Waals surface area contributed by atoms with E-state index < -0.39 is 5.41 Å². The van der Waals surface area contributed by atoms with Gasteiger partial charge >= 0.3 is 5.97 Å². The van der Waals surface area contributed by atoms with Gasteiger partial charge in [0.25, 0.3) is 0 Å². The first-order valence-electron chi connectivity index (χ1n) is 6.29. The average molecular weight is 246 g/mol. The van der Waals surface area contributed by atoms with Crippen molar-refractivity contribution in [3.05, 3.63) is 0 Å². The second-order valence-electron chi connectivity index (χ2n) is 4.70. The van der Waals surface area contributed by atoms with E-state index in [4.69, 9.17) is 14.2 Å². The zero-order valence-electron chi connectivity index (χ0n) is 11.7. The van der Waals surface area contributed by atoms with Crippen LogP contribution in [-0.4, -0.2) is 32.6 Å². The molecule has 0 aliphatic rings. The molecule has 1 atom stereocenters. The van der Waals surface area contributed by atoms with Crippen molar-refractivity contribution in [1.29, 1.82) is 0 Å². The molecule has 4 nitrogen and oxygen atoms in total. The number of esters is 1. The molecule has 17 heavy (non-hydrogen) atoms. The summed E-state index contributed by atoms with van der Waals surface area (Å²) < 4.78 is 15.8. The molecule has 0 rings (SSSR count). The van der Waals surface area contributed by atoms with Crippen LogP contribution in [0.3, 0.4) is 0 Å². The summed E-state index contributed by atoms with van der Waals surface area (Å²) >= 11 is 0. The Hall–Kier alpha value is -0.610. The summed E-state index contributed by atoms with van der Waals surface area (Å²) in [4.78, 5) is 11.7. The SMILES string of the molecule is CCCCOC(CC(C)(C)C(=O)OCC)OC. The number of ether oxygens (including phenoxy) is 3. The third kappa shape index (κ3) is 6.64. The van der Waals surface area contributed by atoms with Gasteiger partial charge in [0.1, 0.15) is 0 Å². The third-order valence-corrected chi connectivity index (χ3v) is 2.57. The Balaban J connectivity index is 4.18. The molecule has 0 amide bonds. The Bertz CT molecular complexity index is 213.